The minimum absolute atomic E-state index is 0.225. The van der Waals surface area contributed by atoms with Crippen LogP contribution in [0, 0.1) is 19.7 Å². The minimum Gasteiger partial charge on any atom is -0.496 e. The van der Waals surface area contributed by atoms with Crippen molar-refractivity contribution in [3.8, 4) is 16.9 Å². The number of halogens is 1. The molecule has 162 valence electrons. The van der Waals surface area contributed by atoms with Crippen molar-refractivity contribution in [2.45, 2.75) is 20.8 Å². The monoisotopic (exact) mass is 429 g/mol. The summed E-state index contributed by atoms with van der Waals surface area (Å²) in [5, 5.41) is 3.76. The molecule has 1 amide bonds. The van der Waals surface area contributed by atoms with E-state index in [-0.39, 0.29) is 11.7 Å². The molecule has 4 aromatic rings. The highest BCUT2D eigenvalue weighted by Crippen LogP contribution is 2.40. The second-order valence-electron chi connectivity index (χ2n) is 7.80. The molecule has 0 atom stereocenters. The smallest absolute Gasteiger partial charge is 0.248 e. The average Bonchev–Trinajstić information content (AvgIpc) is 3.20. The molecule has 32 heavy (non-hydrogen) atoms. The van der Waals surface area contributed by atoms with Crippen molar-refractivity contribution in [3.63, 3.8) is 0 Å². The molecule has 0 saturated carbocycles. The Morgan fingerprint density at radius 2 is 1.75 bits per heavy atom. The van der Waals surface area contributed by atoms with Crippen molar-refractivity contribution in [1.82, 2.24) is 0 Å². The zero-order valence-corrected chi connectivity index (χ0v) is 18.5. The summed E-state index contributed by atoms with van der Waals surface area (Å²) in [6.45, 7) is 5.79. The summed E-state index contributed by atoms with van der Waals surface area (Å²) in [5.74, 6) is 0.130. The molecule has 0 aliphatic carbocycles. The lowest BCUT2D eigenvalue weighted by Gasteiger charge is -2.13. The number of amides is 1. The fourth-order valence-electron chi connectivity index (χ4n) is 3.81. The summed E-state index contributed by atoms with van der Waals surface area (Å²) in [6, 6.07) is 15.9. The molecule has 4 nitrogen and oxygen atoms in total. The van der Waals surface area contributed by atoms with Crippen molar-refractivity contribution >= 4 is 28.1 Å². The first-order valence-electron chi connectivity index (χ1n) is 10.3. The van der Waals surface area contributed by atoms with Crippen molar-refractivity contribution < 1.29 is 18.3 Å². The van der Waals surface area contributed by atoms with Gasteiger partial charge in [-0.15, -0.1) is 0 Å². The highest BCUT2D eigenvalue weighted by molar-refractivity contribution is 6.06. The molecule has 0 fully saturated rings. The van der Waals surface area contributed by atoms with Crippen molar-refractivity contribution in [1.29, 1.82) is 0 Å². The fourth-order valence-corrected chi connectivity index (χ4v) is 3.81. The zero-order chi connectivity index (χ0) is 22.8. The van der Waals surface area contributed by atoms with E-state index in [1.165, 1.54) is 12.1 Å². The van der Waals surface area contributed by atoms with Crippen LogP contribution in [0.15, 0.2) is 71.4 Å². The molecule has 1 N–H and O–H groups in total. The number of benzene rings is 3. The minimum atomic E-state index is -0.293. The molecule has 5 heteroatoms. The van der Waals surface area contributed by atoms with Gasteiger partial charge in [0.2, 0.25) is 5.91 Å². The Balaban J connectivity index is 1.75. The van der Waals surface area contributed by atoms with E-state index in [0.717, 1.165) is 44.5 Å². The van der Waals surface area contributed by atoms with Gasteiger partial charge in [0.15, 0.2) is 0 Å². The number of fused-ring (bicyclic) bond motifs is 1. The van der Waals surface area contributed by atoms with Gasteiger partial charge < -0.3 is 14.5 Å². The molecular formula is C27H24FNO3. The number of aryl methyl sites for hydroxylation is 2. The lowest BCUT2D eigenvalue weighted by molar-refractivity contribution is -0.111. The van der Waals surface area contributed by atoms with Gasteiger partial charge in [-0.2, -0.15) is 0 Å². The largest absolute Gasteiger partial charge is 0.496 e. The number of nitrogens with one attached hydrogen (secondary N) is 1. The molecule has 0 saturated heterocycles. The SMILES string of the molecule is COc1c(/C(C)=C/C(=O)Nc2ccc(C)cc2)cc2c(-c3ccc(F)cc3)coc2c1C. The third-order valence-corrected chi connectivity index (χ3v) is 5.49. The maximum Gasteiger partial charge on any atom is 0.248 e. The predicted octanol–water partition coefficient (Wildman–Crippen LogP) is 6.91. The number of methoxy groups -OCH3 is 1. The lowest BCUT2D eigenvalue weighted by Crippen LogP contribution is -2.08. The number of hydrogen-bond acceptors (Lipinski definition) is 3. The van der Waals surface area contributed by atoms with Crippen LogP contribution < -0.4 is 10.1 Å². The van der Waals surface area contributed by atoms with E-state index < -0.39 is 0 Å². The first-order valence-corrected chi connectivity index (χ1v) is 10.3. The predicted molar refractivity (Wildman–Crippen MR) is 126 cm³/mol. The molecule has 3 aromatic carbocycles. The Kier molecular flexibility index (Phi) is 5.82. The molecular weight excluding hydrogens is 405 g/mol. The van der Waals surface area contributed by atoms with E-state index in [2.05, 4.69) is 5.32 Å². The first kappa shape index (κ1) is 21.4. The standard InChI is InChI=1S/C27H24FNO3/c1-16-5-11-21(12-6-16)29-25(30)13-17(2)22-14-23-24(19-7-9-20(28)10-8-19)15-32-27(23)18(3)26(22)31-4/h5-15H,1-4H3,(H,29,30)/b17-13+. The Hall–Kier alpha value is -3.86. The molecule has 4 rings (SSSR count). The Labute approximate surface area is 186 Å². The quantitative estimate of drug-likeness (QED) is 0.351. The van der Waals surface area contributed by atoms with Gasteiger partial charge in [0, 0.05) is 33.8 Å². The third kappa shape index (κ3) is 4.14. The maximum atomic E-state index is 13.4. The van der Waals surface area contributed by atoms with E-state index in [0.29, 0.717) is 11.3 Å². The van der Waals surface area contributed by atoms with Crippen LogP contribution in [0.1, 0.15) is 23.6 Å². The van der Waals surface area contributed by atoms with Gasteiger partial charge in [0.25, 0.3) is 0 Å². The van der Waals surface area contributed by atoms with Gasteiger partial charge in [0.1, 0.15) is 17.1 Å². The van der Waals surface area contributed by atoms with E-state index >= 15 is 0 Å². The van der Waals surface area contributed by atoms with Crippen LogP contribution in [-0.4, -0.2) is 13.0 Å². The normalized spacial score (nSPS) is 11.6. The number of carbonyl (C=O) groups is 1. The summed E-state index contributed by atoms with van der Waals surface area (Å²) in [6.07, 6.45) is 3.22. The number of ether oxygens (including phenoxy) is 1. The molecule has 0 unspecified atom stereocenters. The number of rotatable bonds is 5. The molecule has 0 aliphatic heterocycles. The van der Waals surface area contributed by atoms with Crippen LogP contribution in [0.5, 0.6) is 5.75 Å². The summed E-state index contributed by atoms with van der Waals surface area (Å²) in [5.41, 5.74) is 6.63. The van der Waals surface area contributed by atoms with Gasteiger partial charge >= 0.3 is 0 Å². The summed E-state index contributed by atoms with van der Waals surface area (Å²) in [7, 11) is 1.60. The van der Waals surface area contributed by atoms with Gasteiger partial charge in [-0.3, -0.25) is 4.79 Å². The molecule has 0 bridgehead atoms. The molecule has 0 aliphatic rings. The summed E-state index contributed by atoms with van der Waals surface area (Å²) >= 11 is 0. The molecule has 1 aromatic heterocycles. The summed E-state index contributed by atoms with van der Waals surface area (Å²) in [4.78, 5) is 12.6. The number of furan rings is 1. The molecule has 1 heterocycles. The van der Waals surface area contributed by atoms with Gasteiger partial charge in [0.05, 0.1) is 13.4 Å². The molecule has 0 radical (unpaired) electrons. The van der Waals surface area contributed by atoms with E-state index in [1.54, 1.807) is 31.6 Å². The van der Waals surface area contributed by atoms with Crippen LogP contribution in [0.3, 0.4) is 0 Å². The maximum absolute atomic E-state index is 13.4. The van der Waals surface area contributed by atoms with Crippen LogP contribution in [-0.2, 0) is 4.79 Å². The number of allylic oxidation sites excluding steroid dienone is 1. The zero-order valence-electron chi connectivity index (χ0n) is 18.5. The van der Waals surface area contributed by atoms with Gasteiger partial charge in [-0.1, -0.05) is 29.8 Å². The number of carbonyl (C=O) groups excluding carboxylic acids is 1. The van der Waals surface area contributed by atoms with Crippen molar-refractivity contribution in [2.24, 2.45) is 0 Å². The second kappa shape index (κ2) is 8.71. The van der Waals surface area contributed by atoms with E-state index in [4.69, 9.17) is 9.15 Å². The van der Waals surface area contributed by atoms with E-state index in [9.17, 15) is 9.18 Å². The lowest BCUT2D eigenvalue weighted by atomic mass is 9.96. The van der Waals surface area contributed by atoms with Crippen LogP contribution in [0.4, 0.5) is 10.1 Å². The average molecular weight is 429 g/mol. The Bertz CT molecular complexity index is 1320. The van der Waals surface area contributed by atoms with E-state index in [1.807, 2.05) is 51.1 Å². The number of hydrogen-bond donors (Lipinski definition) is 1. The second-order valence-corrected chi connectivity index (χ2v) is 7.80. The Morgan fingerprint density at radius 1 is 1.06 bits per heavy atom. The van der Waals surface area contributed by atoms with Crippen LogP contribution in [0.2, 0.25) is 0 Å². The Morgan fingerprint density at radius 3 is 2.41 bits per heavy atom. The highest BCUT2D eigenvalue weighted by Gasteiger charge is 2.19. The van der Waals surface area contributed by atoms with Crippen molar-refractivity contribution in [3.05, 3.63) is 89.4 Å². The third-order valence-electron chi connectivity index (χ3n) is 5.49. The summed E-state index contributed by atoms with van der Waals surface area (Å²) < 4.78 is 24.9. The molecule has 0 spiro atoms. The number of anilines is 1. The van der Waals surface area contributed by atoms with Gasteiger partial charge in [-0.05, 0) is 62.2 Å². The van der Waals surface area contributed by atoms with Gasteiger partial charge in [-0.25, -0.2) is 4.39 Å². The van der Waals surface area contributed by atoms with Crippen LogP contribution >= 0.6 is 0 Å². The highest BCUT2D eigenvalue weighted by atomic mass is 19.1. The van der Waals surface area contributed by atoms with Crippen molar-refractivity contribution in [2.75, 3.05) is 12.4 Å². The van der Waals surface area contributed by atoms with Crippen LogP contribution in [0.25, 0.3) is 27.7 Å². The first-order chi connectivity index (χ1) is 15.4. The topological polar surface area (TPSA) is 51.5 Å². The fraction of sp³-hybridized carbons (Fsp3) is 0.148.